The van der Waals surface area contributed by atoms with Crippen molar-refractivity contribution in [1.82, 2.24) is 0 Å². The summed E-state index contributed by atoms with van der Waals surface area (Å²) in [7, 11) is 0. The molecule has 0 fully saturated rings. The van der Waals surface area contributed by atoms with Gasteiger partial charge in [0.2, 0.25) is 0 Å². The van der Waals surface area contributed by atoms with Crippen molar-refractivity contribution in [2.45, 2.75) is 38.9 Å². The Balaban J connectivity index is 2.66. The van der Waals surface area contributed by atoms with Crippen molar-refractivity contribution in [3.8, 4) is 0 Å². The third-order valence-corrected chi connectivity index (χ3v) is 3.38. The highest BCUT2D eigenvalue weighted by Crippen LogP contribution is 2.23. The SMILES string of the molecule is CCOC(CC)C(O)Cc1ccc(Cl)c(Cl)c1. The number of aliphatic hydroxyl groups excluding tert-OH is 1. The number of halogens is 2. The van der Waals surface area contributed by atoms with Crippen molar-refractivity contribution in [3.05, 3.63) is 33.8 Å². The van der Waals surface area contributed by atoms with Gasteiger partial charge in [0.1, 0.15) is 0 Å². The average Bonchev–Trinajstić information content (AvgIpc) is 2.30. The molecule has 0 aliphatic rings. The number of benzene rings is 1. The van der Waals surface area contributed by atoms with Crippen LogP contribution in [-0.2, 0) is 11.2 Å². The van der Waals surface area contributed by atoms with Gasteiger partial charge in [0, 0.05) is 13.0 Å². The summed E-state index contributed by atoms with van der Waals surface area (Å²) >= 11 is 11.8. The first-order valence-corrected chi connectivity index (χ1v) is 6.57. The summed E-state index contributed by atoms with van der Waals surface area (Å²) in [6, 6.07) is 5.40. The zero-order valence-electron chi connectivity index (χ0n) is 10.1. The fourth-order valence-electron chi connectivity index (χ4n) is 1.75. The molecule has 0 aromatic heterocycles. The van der Waals surface area contributed by atoms with E-state index in [1.807, 2.05) is 19.9 Å². The highest BCUT2D eigenvalue weighted by Gasteiger charge is 2.18. The summed E-state index contributed by atoms with van der Waals surface area (Å²) < 4.78 is 5.47. The van der Waals surface area contributed by atoms with E-state index in [0.29, 0.717) is 23.1 Å². The van der Waals surface area contributed by atoms with Gasteiger partial charge in [-0.2, -0.15) is 0 Å². The van der Waals surface area contributed by atoms with Gasteiger partial charge in [-0.15, -0.1) is 0 Å². The van der Waals surface area contributed by atoms with Crippen molar-refractivity contribution in [3.63, 3.8) is 0 Å². The summed E-state index contributed by atoms with van der Waals surface area (Å²) in [5, 5.41) is 11.1. The highest BCUT2D eigenvalue weighted by molar-refractivity contribution is 6.42. The molecule has 96 valence electrons. The Morgan fingerprint density at radius 3 is 2.47 bits per heavy atom. The van der Waals surface area contributed by atoms with E-state index in [1.54, 1.807) is 12.1 Å². The van der Waals surface area contributed by atoms with Crippen molar-refractivity contribution >= 4 is 23.2 Å². The Bertz CT molecular complexity index is 355. The first kappa shape index (κ1) is 14.8. The molecule has 0 saturated heterocycles. The zero-order valence-corrected chi connectivity index (χ0v) is 11.6. The van der Waals surface area contributed by atoms with Crippen LogP contribution in [0.3, 0.4) is 0 Å². The van der Waals surface area contributed by atoms with Crippen LogP contribution >= 0.6 is 23.2 Å². The van der Waals surface area contributed by atoms with E-state index in [9.17, 15) is 5.11 Å². The fraction of sp³-hybridized carbons (Fsp3) is 0.538. The molecule has 0 spiro atoms. The molecule has 2 atom stereocenters. The maximum absolute atomic E-state index is 10.1. The van der Waals surface area contributed by atoms with E-state index >= 15 is 0 Å². The molecule has 0 aliphatic heterocycles. The predicted octanol–water partition coefficient (Wildman–Crippen LogP) is 3.71. The second-order valence-corrected chi connectivity index (χ2v) is 4.74. The Morgan fingerprint density at radius 1 is 1.24 bits per heavy atom. The monoisotopic (exact) mass is 276 g/mol. The Hall–Kier alpha value is -0.280. The molecule has 0 saturated carbocycles. The highest BCUT2D eigenvalue weighted by atomic mass is 35.5. The minimum Gasteiger partial charge on any atom is -0.390 e. The van der Waals surface area contributed by atoms with Crippen molar-refractivity contribution in [2.24, 2.45) is 0 Å². The predicted molar refractivity (Wildman–Crippen MR) is 71.9 cm³/mol. The van der Waals surface area contributed by atoms with Gasteiger partial charge in [-0.25, -0.2) is 0 Å². The van der Waals surface area contributed by atoms with Crippen LogP contribution < -0.4 is 0 Å². The third kappa shape index (κ3) is 4.47. The fourth-order valence-corrected chi connectivity index (χ4v) is 2.08. The zero-order chi connectivity index (χ0) is 12.8. The maximum atomic E-state index is 10.1. The summed E-state index contributed by atoms with van der Waals surface area (Å²) in [5.41, 5.74) is 0.963. The van der Waals surface area contributed by atoms with Crippen molar-refractivity contribution in [1.29, 1.82) is 0 Å². The number of hydrogen-bond donors (Lipinski definition) is 1. The molecule has 1 aromatic rings. The van der Waals surface area contributed by atoms with Crippen LogP contribution in [0.15, 0.2) is 18.2 Å². The normalized spacial score (nSPS) is 14.6. The van der Waals surface area contributed by atoms with Crippen molar-refractivity contribution in [2.75, 3.05) is 6.61 Å². The molecule has 2 unspecified atom stereocenters. The second-order valence-electron chi connectivity index (χ2n) is 3.92. The molecule has 2 nitrogen and oxygen atoms in total. The molecule has 1 rings (SSSR count). The first-order valence-electron chi connectivity index (χ1n) is 5.82. The smallest absolute Gasteiger partial charge is 0.0841 e. The van der Waals surface area contributed by atoms with Crippen LogP contribution in [0.2, 0.25) is 10.0 Å². The minimum atomic E-state index is -0.516. The van der Waals surface area contributed by atoms with E-state index in [0.717, 1.165) is 12.0 Å². The van der Waals surface area contributed by atoms with Gasteiger partial charge >= 0.3 is 0 Å². The van der Waals surface area contributed by atoms with E-state index in [4.69, 9.17) is 27.9 Å². The first-order chi connectivity index (χ1) is 8.08. The van der Waals surface area contributed by atoms with Gasteiger partial charge < -0.3 is 9.84 Å². The van der Waals surface area contributed by atoms with Gasteiger partial charge in [0.05, 0.1) is 22.3 Å². The number of hydrogen-bond acceptors (Lipinski definition) is 2. The number of ether oxygens (including phenoxy) is 1. The van der Waals surface area contributed by atoms with Gasteiger partial charge in [-0.1, -0.05) is 36.2 Å². The van der Waals surface area contributed by atoms with Crippen LogP contribution in [-0.4, -0.2) is 23.9 Å². The van der Waals surface area contributed by atoms with Gasteiger partial charge in [0.15, 0.2) is 0 Å². The maximum Gasteiger partial charge on any atom is 0.0841 e. The molecule has 1 aromatic carbocycles. The molecule has 4 heteroatoms. The molecule has 0 heterocycles. The van der Waals surface area contributed by atoms with E-state index in [2.05, 4.69) is 0 Å². The molecule has 0 bridgehead atoms. The Kier molecular flexibility index (Phi) is 6.28. The summed E-state index contributed by atoms with van der Waals surface area (Å²) in [4.78, 5) is 0. The van der Waals surface area contributed by atoms with E-state index in [1.165, 1.54) is 0 Å². The van der Waals surface area contributed by atoms with E-state index < -0.39 is 6.10 Å². The molecular weight excluding hydrogens is 259 g/mol. The van der Waals surface area contributed by atoms with Gasteiger partial charge in [-0.05, 0) is 31.0 Å². The quantitative estimate of drug-likeness (QED) is 0.858. The van der Waals surface area contributed by atoms with Crippen LogP contribution in [0.5, 0.6) is 0 Å². The Labute approximate surface area is 113 Å². The lowest BCUT2D eigenvalue weighted by Gasteiger charge is -2.21. The van der Waals surface area contributed by atoms with E-state index in [-0.39, 0.29) is 6.10 Å². The van der Waals surface area contributed by atoms with Crippen LogP contribution in [0.4, 0.5) is 0 Å². The van der Waals surface area contributed by atoms with Gasteiger partial charge in [-0.3, -0.25) is 0 Å². The third-order valence-electron chi connectivity index (χ3n) is 2.64. The Morgan fingerprint density at radius 2 is 1.94 bits per heavy atom. The molecule has 0 radical (unpaired) electrons. The number of rotatable bonds is 6. The minimum absolute atomic E-state index is 0.130. The molecule has 1 N–H and O–H groups in total. The molecular formula is C13H18Cl2O2. The topological polar surface area (TPSA) is 29.5 Å². The lowest BCUT2D eigenvalue weighted by Crippen LogP contribution is -2.30. The second kappa shape index (κ2) is 7.22. The van der Waals surface area contributed by atoms with Crippen molar-refractivity contribution < 1.29 is 9.84 Å². The number of aliphatic hydroxyl groups is 1. The van der Waals surface area contributed by atoms with Gasteiger partial charge in [0.25, 0.3) is 0 Å². The molecule has 0 aliphatic carbocycles. The van der Waals surface area contributed by atoms with Crippen LogP contribution in [0.1, 0.15) is 25.8 Å². The molecule has 0 amide bonds. The van der Waals surface area contributed by atoms with Crippen LogP contribution in [0.25, 0.3) is 0 Å². The lowest BCUT2D eigenvalue weighted by atomic mass is 10.0. The lowest BCUT2D eigenvalue weighted by molar-refractivity contribution is -0.0334. The summed E-state index contributed by atoms with van der Waals surface area (Å²) in [6.07, 6.45) is 0.665. The molecule has 17 heavy (non-hydrogen) atoms. The van der Waals surface area contributed by atoms with Crippen LogP contribution in [0, 0.1) is 0 Å². The largest absolute Gasteiger partial charge is 0.390 e. The summed E-state index contributed by atoms with van der Waals surface area (Å²) in [5.74, 6) is 0. The standard InChI is InChI=1S/C13H18Cl2O2/c1-3-13(17-4-2)12(16)8-9-5-6-10(14)11(15)7-9/h5-7,12-13,16H,3-4,8H2,1-2H3. The average molecular weight is 277 g/mol. The summed E-state index contributed by atoms with van der Waals surface area (Å²) in [6.45, 7) is 4.53.